The highest BCUT2D eigenvalue weighted by Gasteiger charge is 2.21. The molecule has 1 aromatic rings. The van der Waals surface area contributed by atoms with Crippen LogP contribution in [-0.4, -0.2) is 22.3 Å². The fourth-order valence-corrected chi connectivity index (χ4v) is 1.72. The van der Waals surface area contributed by atoms with Crippen LogP contribution >= 0.6 is 35.6 Å². The molecule has 3 nitrogen and oxygen atoms in total. The molecular weight excluding hydrogens is 256 g/mol. The molecule has 1 atom stereocenters. The number of nitrogens with one attached hydrogen (secondary N) is 1. The van der Waals surface area contributed by atoms with Crippen molar-refractivity contribution in [2.45, 2.75) is 5.50 Å². The Hall–Kier alpha value is -0.640. The van der Waals surface area contributed by atoms with Crippen molar-refractivity contribution in [2.24, 2.45) is 4.99 Å². The first-order chi connectivity index (χ1) is 6.75. The molecule has 0 bridgehead atoms. The van der Waals surface area contributed by atoms with Crippen LogP contribution in [0.1, 0.15) is 0 Å². The van der Waals surface area contributed by atoms with Crippen molar-refractivity contribution < 1.29 is 0 Å². The van der Waals surface area contributed by atoms with Crippen LogP contribution in [0.25, 0.3) is 0 Å². The Balaban J connectivity index is 0.00000112. The average molecular weight is 267 g/mol. The van der Waals surface area contributed by atoms with Crippen LogP contribution < -0.4 is 5.43 Å². The van der Waals surface area contributed by atoms with Crippen molar-refractivity contribution in [1.82, 2.24) is 5.01 Å². The van der Waals surface area contributed by atoms with Crippen LogP contribution in [0.4, 0.5) is 5.69 Å². The number of para-hydroxylation sites is 1. The minimum atomic E-state index is -0.265. The SMILES string of the molecule is Cl.ClC1=NC(Cl)CN1Nc1ccccc1. The Kier molecular flexibility index (Phi) is 4.51. The average Bonchev–Trinajstić information content (AvgIpc) is 2.47. The second-order valence-electron chi connectivity index (χ2n) is 2.92. The number of aliphatic imine (C=N–C) groups is 1. The summed E-state index contributed by atoms with van der Waals surface area (Å²) in [7, 11) is 0. The number of alkyl halides is 1. The van der Waals surface area contributed by atoms with Crippen LogP contribution in [0.3, 0.4) is 0 Å². The standard InChI is InChI=1S/C9H9Cl2N3.ClH/c10-8-6-14(9(11)12-8)13-7-4-2-1-3-5-7;/h1-5,8,13H,6H2;1H. The molecule has 0 aromatic heterocycles. The van der Waals surface area contributed by atoms with E-state index in [9.17, 15) is 0 Å². The lowest BCUT2D eigenvalue weighted by Gasteiger charge is -2.19. The first-order valence-electron chi connectivity index (χ1n) is 4.22. The molecule has 0 saturated carbocycles. The molecule has 1 heterocycles. The molecule has 0 aliphatic carbocycles. The van der Waals surface area contributed by atoms with Gasteiger partial charge < -0.3 is 0 Å². The molecule has 0 saturated heterocycles. The highest BCUT2D eigenvalue weighted by molar-refractivity contribution is 6.65. The van der Waals surface area contributed by atoms with Gasteiger partial charge in [0.1, 0.15) is 5.50 Å². The number of nitrogens with zero attached hydrogens (tertiary/aromatic N) is 2. The lowest BCUT2D eigenvalue weighted by Crippen LogP contribution is -2.31. The Bertz CT molecular complexity index is 342. The first-order valence-corrected chi connectivity index (χ1v) is 5.04. The van der Waals surface area contributed by atoms with Crippen LogP contribution in [0.5, 0.6) is 0 Å². The van der Waals surface area contributed by atoms with Gasteiger partial charge >= 0.3 is 0 Å². The Morgan fingerprint density at radius 3 is 2.53 bits per heavy atom. The lowest BCUT2D eigenvalue weighted by molar-refractivity contribution is 0.539. The molecule has 1 N–H and O–H groups in total. The van der Waals surface area contributed by atoms with Crippen molar-refractivity contribution in [3.8, 4) is 0 Å². The van der Waals surface area contributed by atoms with Gasteiger partial charge in [-0.3, -0.25) is 10.4 Å². The third-order valence-corrected chi connectivity index (χ3v) is 2.38. The predicted octanol–water partition coefficient (Wildman–Crippen LogP) is 2.91. The number of halogens is 3. The van der Waals surface area contributed by atoms with Crippen molar-refractivity contribution in [3.05, 3.63) is 30.3 Å². The fourth-order valence-electron chi connectivity index (χ4n) is 1.21. The number of hydrogen-bond acceptors (Lipinski definition) is 3. The van der Waals surface area contributed by atoms with E-state index in [-0.39, 0.29) is 17.9 Å². The van der Waals surface area contributed by atoms with Gasteiger partial charge in [0.05, 0.1) is 12.2 Å². The lowest BCUT2D eigenvalue weighted by atomic mass is 10.3. The minimum absolute atomic E-state index is 0. The van der Waals surface area contributed by atoms with Gasteiger partial charge in [-0.15, -0.1) is 12.4 Å². The maximum Gasteiger partial charge on any atom is 0.214 e. The summed E-state index contributed by atoms with van der Waals surface area (Å²) in [6.07, 6.45) is 0. The number of hydrogen-bond donors (Lipinski definition) is 1. The molecule has 6 heteroatoms. The van der Waals surface area contributed by atoms with Crippen molar-refractivity contribution in [1.29, 1.82) is 0 Å². The summed E-state index contributed by atoms with van der Waals surface area (Å²) in [6, 6.07) is 9.75. The molecule has 1 aliphatic heterocycles. The van der Waals surface area contributed by atoms with Gasteiger partial charge in [0.15, 0.2) is 0 Å². The van der Waals surface area contributed by atoms with Gasteiger partial charge in [-0.05, 0) is 23.7 Å². The smallest absolute Gasteiger partial charge is 0.214 e. The van der Waals surface area contributed by atoms with Crippen LogP contribution in [0, 0.1) is 0 Å². The quantitative estimate of drug-likeness (QED) is 0.658. The highest BCUT2D eigenvalue weighted by atomic mass is 35.5. The third kappa shape index (κ3) is 3.16. The zero-order valence-electron chi connectivity index (χ0n) is 7.73. The van der Waals surface area contributed by atoms with Gasteiger partial charge in [0.25, 0.3) is 0 Å². The van der Waals surface area contributed by atoms with Gasteiger partial charge in [-0.25, -0.2) is 4.99 Å². The largest absolute Gasteiger partial charge is 0.296 e. The van der Waals surface area contributed by atoms with Gasteiger partial charge in [-0.1, -0.05) is 29.8 Å². The van der Waals surface area contributed by atoms with E-state index < -0.39 is 0 Å². The molecule has 1 aliphatic rings. The van der Waals surface area contributed by atoms with Crippen molar-refractivity contribution in [2.75, 3.05) is 12.0 Å². The van der Waals surface area contributed by atoms with E-state index in [1.54, 1.807) is 5.01 Å². The summed E-state index contributed by atoms with van der Waals surface area (Å²) in [5, 5.41) is 2.11. The molecule has 1 unspecified atom stereocenters. The van der Waals surface area contributed by atoms with E-state index in [1.165, 1.54) is 0 Å². The van der Waals surface area contributed by atoms with E-state index >= 15 is 0 Å². The summed E-state index contributed by atoms with van der Waals surface area (Å²) in [4.78, 5) is 3.98. The number of hydrazine groups is 1. The maximum atomic E-state index is 5.85. The van der Waals surface area contributed by atoms with E-state index in [4.69, 9.17) is 23.2 Å². The fraction of sp³-hybridized carbons (Fsp3) is 0.222. The normalized spacial score (nSPS) is 19.5. The van der Waals surface area contributed by atoms with E-state index in [0.29, 0.717) is 11.8 Å². The second-order valence-corrected chi connectivity index (χ2v) is 3.76. The molecule has 0 amide bonds. The molecule has 82 valence electrons. The Labute approximate surface area is 104 Å². The molecule has 15 heavy (non-hydrogen) atoms. The van der Waals surface area contributed by atoms with Crippen LogP contribution in [0.2, 0.25) is 0 Å². The Morgan fingerprint density at radius 1 is 1.33 bits per heavy atom. The minimum Gasteiger partial charge on any atom is -0.296 e. The van der Waals surface area contributed by atoms with E-state index in [1.807, 2.05) is 30.3 Å². The van der Waals surface area contributed by atoms with Gasteiger partial charge in [-0.2, -0.15) is 0 Å². The van der Waals surface area contributed by atoms with Crippen LogP contribution in [-0.2, 0) is 0 Å². The summed E-state index contributed by atoms with van der Waals surface area (Å²) >= 11 is 11.7. The van der Waals surface area contributed by atoms with Gasteiger partial charge in [0, 0.05) is 0 Å². The molecule has 2 rings (SSSR count). The van der Waals surface area contributed by atoms with E-state index in [2.05, 4.69) is 10.4 Å². The molecule has 0 radical (unpaired) electrons. The summed E-state index contributed by atoms with van der Waals surface area (Å²) in [6.45, 7) is 0.579. The van der Waals surface area contributed by atoms with Crippen molar-refractivity contribution >= 4 is 46.6 Å². The zero-order valence-corrected chi connectivity index (χ0v) is 10.1. The Morgan fingerprint density at radius 2 is 2.00 bits per heavy atom. The topological polar surface area (TPSA) is 27.6 Å². The van der Waals surface area contributed by atoms with E-state index in [0.717, 1.165) is 5.69 Å². The third-order valence-electron chi connectivity index (χ3n) is 1.84. The summed E-state index contributed by atoms with van der Waals surface area (Å²) < 4.78 is 0. The predicted molar refractivity (Wildman–Crippen MR) is 66.9 cm³/mol. The number of rotatable bonds is 2. The number of benzene rings is 1. The maximum absolute atomic E-state index is 5.85. The first kappa shape index (κ1) is 12.4. The monoisotopic (exact) mass is 265 g/mol. The number of anilines is 1. The van der Waals surface area contributed by atoms with Crippen LogP contribution in [0.15, 0.2) is 35.3 Å². The van der Waals surface area contributed by atoms with Crippen molar-refractivity contribution in [3.63, 3.8) is 0 Å². The molecule has 1 aromatic carbocycles. The second kappa shape index (κ2) is 5.45. The molecular formula is C9H10Cl3N3. The van der Waals surface area contributed by atoms with Gasteiger partial charge in [0.2, 0.25) is 5.29 Å². The molecule has 0 spiro atoms. The highest BCUT2D eigenvalue weighted by Crippen LogP contribution is 2.16. The summed E-state index contributed by atoms with van der Waals surface area (Å²) in [5.41, 5.74) is 3.81. The molecule has 0 fully saturated rings. The summed E-state index contributed by atoms with van der Waals surface area (Å²) in [5.74, 6) is 0. The number of amidine groups is 1. The zero-order chi connectivity index (χ0) is 9.97.